The fourth-order valence-corrected chi connectivity index (χ4v) is 5.35. The zero-order valence-electron chi connectivity index (χ0n) is 26.8. The number of nitrogens with zero attached hydrogens (tertiary/aromatic N) is 6. The lowest BCUT2D eigenvalue weighted by Gasteiger charge is -2.43. The van der Waals surface area contributed by atoms with Gasteiger partial charge in [0.05, 0.1) is 67.2 Å². The van der Waals surface area contributed by atoms with E-state index in [2.05, 4.69) is 15.0 Å². The van der Waals surface area contributed by atoms with E-state index in [-0.39, 0.29) is 60.0 Å². The summed E-state index contributed by atoms with van der Waals surface area (Å²) in [5.41, 5.74) is -3.03. The number of alkyl halides is 6. The first kappa shape index (κ1) is 37.5. The first-order chi connectivity index (χ1) is 23.7. The van der Waals surface area contributed by atoms with E-state index in [1.54, 1.807) is 6.92 Å². The molecule has 1 aliphatic rings. The quantitative estimate of drug-likeness (QED) is 0.145. The van der Waals surface area contributed by atoms with Crippen molar-refractivity contribution in [1.29, 1.82) is 5.26 Å². The summed E-state index contributed by atoms with van der Waals surface area (Å²) in [7, 11) is 1.33. The molecule has 1 aromatic carbocycles. The number of aromatic nitrogens is 3. The van der Waals surface area contributed by atoms with Crippen molar-refractivity contribution in [2.24, 2.45) is 0 Å². The van der Waals surface area contributed by atoms with Gasteiger partial charge in [0, 0.05) is 25.1 Å². The van der Waals surface area contributed by atoms with Gasteiger partial charge in [0.15, 0.2) is 5.75 Å². The monoisotopic (exact) mass is 710 g/mol. The van der Waals surface area contributed by atoms with Crippen molar-refractivity contribution >= 4 is 23.7 Å². The largest absolute Gasteiger partial charge is 0.490 e. The molecule has 2 atom stereocenters. The third-order valence-electron chi connectivity index (χ3n) is 7.68. The third-order valence-corrected chi connectivity index (χ3v) is 7.68. The summed E-state index contributed by atoms with van der Waals surface area (Å²) in [5.74, 6) is -1.000. The Labute approximate surface area is 282 Å². The number of carbonyl (C=O) groups is 2. The van der Waals surface area contributed by atoms with Gasteiger partial charge in [0.2, 0.25) is 11.8 Å². The molecule has 1 aliphatic heterocycles. The average molecular weight is 711 g/mol. The number of amides is 1. The number of rotatable bonds is 13. The number of aliphatic carboxylic acids is 1. The van der Waals surface area contributed by atoms with Crippen molar-refractivity contribution in [3.8, 4) is 17.7 Å². The maximum absolute atomic E-state index is 13.8. The van der Waals surface area contributed by atoms with Crippen LogP contribution in [-0.2, 0) is 28.4 Å². The average Bonchev–Trinajstić information content (AvgIpc) is 3.07. The molecule has 0 bridgehead atoms. The number of anilines is 2. The van der Waals surface area contributed by atoms with Gasteiger partial charge in [-0.15, -0.1) is 0 Å². The molecular formula is C32H32F6N6O6. The van der Waals surface area contributed by atoms with Crippen molar-refractivity contribution in [1.82, 2.24) is 15.0 Å². The Kier molecular flexibility index (Phi) is 11.9. The lowest BCUT2D eigenvalue weighted by atomic mass is 9.92. The molecule has 18 heteroatoms. The molecule has 0 aliphatic carbocycles. The Morgan fingerprint density at radius 1 is 1.06 bits per heavy atom. The Hall–Kier alpha value is -5.34. The van der Waals surface area contributed by atoms with Crippen LogP contribution in [0.4, 0.5) is 42.8 Å². The molecule has 3 aromatic rings. The summed E-state index contributed by atoms with van der Waals surface area (Å²) in [6.07, 6.45) is -7.97. The highest BCUT2D eigenvalue weighted by atomic mass is 19.4. The summed E-state index contributed by atoms with van der Waals surface area (Å²) in [6.45, 7) is 0.937. The van der Waals surface area contributed by atoms with Crippen LogP contribution in [0.3, 0.4) is 0 Å². The van der Waals surface area contributed by atoms with Crippen molar-refractivity contribution in [3.05, 3.63) is 65.1 Å². The molecular weight excluding hydrogens is 678 g/mol. The van der Waals surface area contributed by atoms with Crippen LogP contribution in [-0.4, -0.2) is 58.5 Å². The van der Waals surface area contributed by atoms with Crippen molar-refractivity contribution < 1.29 is 55.2 Å². The fraction of sp³-hybridized carbons (Fsp3) is 0.438. The molecule has 50 heavy (non-hydrogen) atoms. The van der Waals surface area contributed by atoms with Crippen LogP contribution < -0.4 is 19.3 Å². The molecule has 2 aromatic heterocycles. The molecule has 0 saturated heterocycles. The molecule has 268 valence electrons. The lowest BCUT2D eigenvalue weighted by molar-refractivity contribution is -0.143. The van der Waals surface area contributed by atoms with Gasteiger partial charge in [-0.05, 0) is 49.1 Å². The van der Waals surface area contributed by atoms with Gasteiger partial charge >= 0.3 is 24.4 Å². The number of benzene rings is 1. The Balaban J connectivity index is 1.85. The minimum absolute atomic E-state index is 0.0263. The Morgan fingerprint density at radius 3 is 2.28 bits per heavy atom. The zero-order valence-corrected chi connectivity index (χ0v) is 26.8. The van der Waals surface area contributed by atoms with Gasteiger partial charge in [-0.1, -0.05) is 6.92 Å². The maximum Gasteiger partial charge on any atom is 0.416 e. The van der Waals surface area contributed by atoms with E-state index in [0.717, 1.165) is 0 Å². The number of carbonyl (C=O) groups excluding carboxylic acids is 1. The summed E-state index contributed by atoms with van der Waals surface area (Å²) < 4.78 is 99.1. The summed E-state index contributed by atoms with van der Waals surface area (Å²) in [4.78, 5) is 40.2. The first-order valence-corrected chi connectivity index (χ1v) is 15.3. The molecule has 0 spiro atoms. The maximum atomic E-state index is 13.8. The van der Waals surface area contributed by atoms with E-state index in [1.807, 2.05) is 6.07 Å². The SMILES string of the molecule is CC[C@@H]1CC(N(Cc2cc(C(F)(F)F)cc(C(F)(F)F)c2)c2ncc(OCCCC#N)cn2)c2nc(OC)ccc2N1C(=O)OCCC(=O)O. The lowest BCUT2D eigenvalue weighted by Crippen LogP contribution is -2.48. The van der Waals surface area contributed by atoms with E-state index in [9.17, 15) is 35.9 Å². The standard InChI is InChI=1S/C32H32F6N6O6/c1-3-22-15-25(28-24(6-7-26(42-28)48-2)44(22)30(47)50-11-8-27(45)46)43(29-40-16-23(17-41-29)49-10-5-4-9-39)18-19-12-20(31(33,34)35)14-21(13-19)32(36,37)38/h6-7,12-14,16-17,22,25H,3-5,8,10-11,15,18H2,1-2H3,(H,45,46)/t22-,25?/m1/s1. The number of carboxylic acid groups (broad SMARTS) is 1. The number of ether oxygens (including phenoxy) is 3. The number of halogens is 6. The second kappa shape index (κ2) is 15.9. The number of fused-ring (bicyclic) bond motifs is 1. The minimum Gasteiger partial charge on any atom is -0.490 e. The topological polar surface area (TPSA) is 151 Å². The van der Waals surface area contributed by atoms with E-state index in [0.29, 0.717) is 25.0 Å². The first-order valence-electron chi connectivity index (χ1n) is 15.3. The molecule has 1 amide bonds. The van der Waals surface area contributed by atoms with Gasteiger partial charge in [-0.2, -0.15) is 31.6 Å². The predicted molar refractivity (Wildman–Crippen MR) is 163 cm³/mol. The molecule has 1 unspecified atom stereocenters. The molecule has 3 heterocycles. The molecule has 0 radical (unpaired) electrons. The van der Waals surface area contributed by atoms with Crippen LogP contribution >= 0.6 is 0 Å². The Morgan fingerprint density at radius 2 is 1.72 bits per heavy atom. The highest BCUT2D eigenvalue weighted by Crippen LogP contribution is 2.44. The molecule has 4 rings (SSSR count). The number of nitriles is 1. The Bertz CT molecular complexity index is 1670. The number of carboxylic acids is 1. The van der Waals surface area contributed by atoms with E-state index in [4.69, 9.17) is 24.6 Å². The van der Waals surface area contributed by atoms with Crippen LogP contribution in [0, 0.1) is 11.3 Å². The van der Waals surface area contributed by atoms with E-state index >= 15 is 0 Å². The van der Waals surface area contributed by atoms with Crippen molar-refractivity contribution in [2.75, 3.05) is 30.1 Å². The summed E-state index contributed by atoms with van der Waals surface area (Å²) >= 11 is 0. The smallest absolute Gasteiger partial charge is 0.416 e. The van der Waals surface area contributed by atoms with Gasteiger partial charge in [-0.25, -0.2) is 19.7 Å². The summed E-state index contributed by atoms with van der Waals surface area (Å²) in [5, 5.41) is 17.7. The van der Waals surface area contributed by atoms with Gasteiger partial charge in [0.25, 0.3) is 0 Å². The van der Waals surface area contributed by atoms with Crippen molar-refractivity contribution in [2.45, 2.75) is 70.0 Å². The van der Waals surface area contributed by atoms with Crippen LogP contribution in [0.25, 0.3) is 0 Å². The van der Waals surface area contributed by atoms with Crippen LogP contribution in [0.15, 0.2) is 42.7 Å². The summed E-state index contributed by atoms with van der Waals surface area (Å²) in [6, 6.07) is 4.59. The number of hydrogen-bond donors (Lipinski definition) is 1. The number of pyridine rings is 1. The third kappa shape index (κ3) is 9.21. The minimum atomic E-state index is -5.09. The zero-order chi connectivity index (χ0) is 36.6. The normalized spacial score (nSPS) is 15.9. The van der Waals surface area contributed by atoms with Gasteiger partial charge in [-0.3, -0.25) is 9.69 Å². The molecule has 0 saturated carbocycles. The van der Waals surface area contributed by atoms with Crippen LogP contribution in [0.1, 0.15) is 67.5 Å². The fourth-order valence-electron chi connectivity index (χ4n) is 5.35. The second-order valence-electron chi connectivity index (χ2n) is 11.1. The van der Waals surface area contributed by atoms with Gasteiger partial charge in [0.1, 0.15) is 6.61 Å². The van der Waals surface area contributed by atoms with Crippen LogP contribution in [0.2, 0.25) is 0 Å². The molecule has 1 N–H and O–H groups in total. The van der Waals surface area contributed by atoms with E-state index < -0.39 is 67.2 Å². The molecule has 0 fully saturated rings. The number of hydrogen-bond acceptors (Lipinski definition) is 10. The highest BCUT2D eigenvalue weighted by molar-refractivity contribution is 5.90. The predicted octanol–water partition coefficient (Wildman–Crippen LogP) is 6.95. The number of unbranched alkanes of at least 4 members (excludes halogenated alkanes) is 1. The molecule has 12 nitrogen and oxygen atoms in total. The van der Waals surface area contributed by atoms with E-state index in [1.165, 1.54) is 41.4 Å². The number of methoxy groups -OCH3 is 1. The van der Waals surface area contributed by atoms with Gasteiger partial charge < -0.3 is 24.2 Å². The van der Waals surface area contributed by atoms with Crippen molar-refractivity contribution in [3.63, 3.8) is 0 Å². The second-order valence-corrected chi connectivity index (χ2v) is 11.1. The highest BCUT2D eigenvalue weighted by Gasteiger charge is 2.42. The van der Waals surface area contributed by atoms with Crippen LogP contribution in [0.5, 0.6) is 11.6 Å².